The van der Waals surface area contributed by atoms with Gasteiger partial charge in [0.05, 0.1) is 10.7 Å². The molecule has 25 heavy (non-hydrogen) atoms. The van der Waals surface area contributed by atoms with E-state index in [2.05, 4.69) is 44.3 Å². The molecule has 0 atom stereocenters. The number of piperazine rings is 1. The summed E-state index contributed by atoms with van der Waals surface area (Å²) in [6.45, 7) is 6.27. The van der Waals surface area contributed by atoms with E-state index in [-0.39, 0.29) is 0 Å². The predicted octanol–water partition coefficient (Wildman–Crippen LogP) is 3.87. The van der Waals surface area contributed by atoms with Crippen molar-refractivity contribution in [3.05, 3.63) is 34.7 Å². The fourth-order valence-electron chi connectivity index (χ4n) is 3.31. The molecule has 7 heteroatoms. The predicted molar refractivity (Wildman–Crippen MR) is 106 cm³/mol. The van der Waals surface area contributed by atoms with Crippen molar-refractivity contribution < 1.29 is 0 Å². The minimum absolute atomic E-state index is 0.638. The van der Waals surface area contributed by atoms with Crippen molar-refractivity contribution in [3.8, 4) is 11.4 Å². The van der Waals surface area contributed by atoms with Gasteiger partial charge in [-0.1, -0.05) is 36.5 Å². The van der Waals surface area contributed by atoms with Crippen molar-refractivity contribution in [1.29, 1.82) is 0 Å². The SMILES string of the molecule is CCSN1CCN(c2cc(-c3nc4c([nH]3)CCC=C4)c(Cl)cn2)CC1. The van der Waals surface area contributed by atoms with Gasteiger partial charge in [-0.2, -0.15) is 0 Å². The molecule has 0 unspecified atom stereocenters. The molecule has 0 amide bonds. The number of imidazole rings is 1. The number of nitrogens with zero attached hydrogens (tertiary/aromatic N) is 4. The third-order valence-corrected chi connectivity index (χ3v) is 5.91. The fourth-order valence-corrected chi connectivity index (χ4v) is 4.29. The zero-order chi connectivity index (χ0) is 17.2. The van der Waals surface area contributed by atoms with Crippen molar-refractivity contribution in [2.75, 3.05) is 36.8 Å². The third kappa shape index (κ3) is 3.57. The van der Waals surface area contributed by atoms with Gasteiger partial charge in [0.15, 0.2) is 0 Å². The summed E-state index contributed by atoms with van der Waals surface area (Å²) in [5.41, 5.74) is 3.15. The summed E-state index contributed by atoms with van der Waals surface area (Å²) in [6.07, 6.45) is 8.06. The molecular formula is C18H22ClN5S. The van der Waals surface area contributed by atoms with Crippen LogP contribution in [0.2, 0.25) is 5.02 Å². The quantitative estimate of drug-likeness (QED) is 0.822. The largest absolute Gasteiger partial charge is 0.354 e. The van der Waals surface area contributed by atoms with Crippen molar-refractivity contribution in [2.24, 2.45) is 0 Å². The molecular weight excluding hydrogens is 354 g/mol. The molecule has 2 aliphatic rings. The summed E-state index contributed by atoms with van der Waals surface area (Å²) < 4.78 is 2.43. The highest BCUT2D eigenvalue weighted by atomic mass is 35.5. The highest BCUT2D eigenvalue weighted by Crippen LogP contribution is 2.31. The van der Waals surface area contributed by atoms with Gasteiger partial charge in [-0.15, -0.1) is 0 Å². The second kappa shape index (κ2) is 7.40. The first-order valence-corrected chi connectivity index (χ1v) is 10.1. The summed E-state index contributed by atoms with van der Waals surface area (Å²) >= 11 is 8.34. The van der Waals surface area contributed by atoms with Crippen molar-refractivity contribution >= 4 is 35.4 Å². The van der Waals surface area contributed by atoms with Gasteiger partial charge in [0, 0.05) is 49.4 Å². The average Bonchev–Trinajstić information content (AvgIpc) is 3.07. The lowest BCUT2D eigenvalue weighted by molar-refractivity contribution is 0.428. The van der Waals surface area contributed by atoms with E-state index in [4.69, 9.17) is 16.6 Å². The highest BCUT2D eigenvalue weighted by molar-refractivity contribution is 7.96. The molecule has 132 valence electrons. The van der Waals surface area contributed by atoms with Crippen LogP contribution in [0.4, 0.5) is 5.82 Å². The highest BCUT2D eigenvalue weighted by Gasteiger charge is 2.20. The van der Waals surface area contributed by atoms with Gasteiger partial charge in [0.25, 0.3) is 0 Å². The lowest BCUT2D eigenvalue weighted by Gasteiger charge is -2.34. The maximum atomic E-state index is 6.43. The molecule has 1 aliphatic heterocycles. The normalized spacial score (nSPS) is 17.8. The Hall–Kier alpha value is -1.50. The minimum Gasteiger partial charge on any atom is -0.354 e. The molecule has 3 heterocycles. The summed E-state index contributed by atoms with van der Waals surface area (Å²) in [6, 6.07) is 2.07. The smallest absolute Gasteiger partial charge is 0.139 e. The van der Waals surface area contributed by atoms with Crippen LogP contribution in [0.25, 0.3) is 17.5 Å². The summed E-state index contributed by atoms with van der Waals surface area (Å²) in [7, 11) is 0. The first kappa shape index (κ1) is 16.9. The lowest BCUT2D eigenvalue weighted by Crippen LogP contribution is -2.43. The first-order valence-electron chi connectivity index (χ1n) is 8.78. The molecule has 0 aromatic carbocycles. The Labute approximate surface area is 157 Å². The van der Waals surface area contributed by atoms with Gasteiger partial charge in [-0.25, -0.2) is 14.3 Å². The Morgan fingerprint density at radius 1 is 1.28 bits per heavy atom. The molecule has 2 aromatic heterocycles. The molecule has 2 aromatic rings. The average molecular weight is 376 g/mol. The Morgan fingerprint density at radius 2 is 2.12 bits per heavy atom. The number of H-pyrrole nitrogens is 1. The van der Waals surface area contributed by atoms with Gasteiger partial charge in [0.1, 0.15) is 11.6 Å². The zero-order valence-electron chi connectivity index (χ0n) is 14.3. The number of anilines is 1. The molecule has 0 spiro atoms. The molecule has 0 radical (unpaired) electrons. The van der Waals surface area contributed by atoms with E-state index in [1.54, 1.807) is 6.20 Å². The fraction of sp³-hybridized carbons (Fsp3) is 0.444. The Balaban J connectivity index is 1.57. The van der Waals surface area contributed by atoms with Crippen LogP contribution in [0, 0.1) is 0 Å². The molecule has 4 rings (SSSR count). The Morgan fingerprint density at radius 3 is 2.88 bits per heavy atom. The number of hydrogen-bond donors (Lipinski definition) is 1. The number of aromatic nitrogens is 3. The molecule has 1 N–H and O–H groups in total. The second-order valence-corrected chi connectivity index (χ2v) is 8.01. The van der Waals surface area contributed by atoms with E-state index in [0.717, 1.165) is 67.7 Å². The number of nitrogens with one attached hydrogen (secondary N) is 1. The number of aryl methyl sites for hydroxylation is 1. The summed E-state index contributed by atoms with van der Waals surface area (Å²) in [5, 5.41) is 0.638. The van der Waals surface area contributed by atoms with Crippen LogP contribution in [0.3, 0.4) is 0 Å². The van der Waals surface area contributed by atoms with Crippen LogP contribution in [0.15, 0.2) is 18.3 Å². The molecule has 1 aliphatic carbocycles. The van der Waals surface area contributed by atoms with E-state index in [1.165, 1.54) is 5.69 Å². The summed E-state index contributed by atoms with van der Waals surface area (Å²) in [4.78, 5) is 15.0. The van der Waals surface area contributed by atoms with E-state index < -0.39 is 0 Å². The molecule has 1 fully saturated rings. The monoisotopic (exact) mass is 375 g/mol. The van der Waals surface area contributed by atoms with Crippen LogP contribution in [-0.4, -0.2) is 51.2 Å². The van der Waals surface area contributed by atoms with Crippen molar-refractivity contribution in [1.82, 2.24) is 19.3 Å². The van der Waals surface area contributed by atoms with E-state index in [1.807, 2.05) is 11.9 Å². The van der Waals surface area contributed by atoms with Gasteiger partial charge < -0.3 is 9.88 Å². The standard InChI is InChI=1S/C18H22ClN5S/c1-2-25-24-9-7-23(8-10-24)17-11-13(14(19)12-20-17)18-21-15-5-3-4-6-16(15)22-18/h3,5,11-12H,2,4,6-10H2,1H3,(H,21,22). The Bertz CT molecular complexity index is 780. The summed E-state index contributed by atoms with van der Waals surface area (Å²) in [5.74, 6) is 2.94. The van der Waals surface area contributed by atoms with E-state index in [0.29, 0.717) is 5.02 Å². The van der Waals surface area contributed by atoms with E-state index >= 15 is 0 Å². The van der Waals surface area contributed by atoms with Crippen LogP contribution < -0.4 is 4.90 Å². The van der Waals surface area contributed by atoms with Crippen LogP contribution in [0.1, 0.15) is 24.7 Å². The van der Waals surface area contributed by atoms with Gasteiger partial charge in [0.2, 0.25) is 0 Å². The van der Waals surface area contributed by atoms with Crippen molar-refractivity contribution in [3.63, 3.8) is 0 Å². The van der Waals surface area contributed by atoms with Crippen LogP contribution >= 0.6 is 23.5 Å². The maximum Gasteiger partial charge on any atom is 0.139 e. The minimum atomic E-state index is 0.638. The molecule has 0 bridgehead atoms. The number of hydrogen-bond acceptors (Lipinski definition) is 5. The second-order valence-electron chi connectivity index (χ2n) is 6.25. The van der Waals surface area contributed by atoms with Gasteiger partial charge in [-0.3, -0.25) is 0 Å². The third-order valence-electron chi connectivity index (χ3n) is 4.62. The van der Waals surface area contributed by atoms with Crippen LogP contribution in [-0.2, 0) is 6.42 Å². The number of halogens is 1. The number of rotatable bonds is 4. The molecule has 5 nitrogen and oxygen atoms in total. The lowest BCUT2D eigenvalue weighted by atomic mass is 10.1. The topological polar surface area (TPSA) is 48.0 Å². The van der Waals surface area contributed by atoms with Crippen LogP contribution in [0.5, 0.6) is 0 Å². The molecule has 0 saturated carbocycles. The number of pyridine rings is 1. The van der Waals surface area contributed by atoms with Crippen molar-refractivity contribution in [2.45, 2.75) is 19.8 Å². The van der Waals surface area contributed by atoms with Gasteiger partial charge in [-0.05, 0) is 25.0 Å². The number of fused-ring (bicyclic) bond motifs is 1. The van der Waals surface area contributed by atoms with E-state index in [9.17, 15) is 0 Å². The number of allylic oxidation sites excluding steroid dienone is 1. The molecule has 1 saturated heterocycles. The zero-order valence-corrected chi connectivity index (χ0v) is 15.9. The maximum absolute atomic E-state index is 6.43. The first-order chi connectivity index (χ1) is 12.2. The Kier molecular flexibility index (Phi) is 5.01. The van der Waals surface area contributed by atoms with Gasteiger partial charge >= 0.3 is 0 Å². The number of aromatic amines is 1.